The van der Waals surface area contributed by atoms with Crippen molar-refractivity contribution in [3.05, 3.63) is 22.4 Å². The van der Waals surface area contributed by atoms with Crippen molar-refractivity contribution < 1.29 is 19.2 Å². The highest BCUT2D eigenvalue weighted by atomic mass is 32.1. The van der Waals surface area contributed by atoms with Crippen LogP contribution in [0, 0.1) is 0 Å². The summed E-state index contributed by atoms with van der Waals surface area (Å²) in [5.41, 5.74) is 0. The lowest BCUT2D eigenvalue weighted by atomic mass is 10.2. The summed E-state index contributed by atoms with van der Waals surface area (Å²) in [5, 5.41) is 6.53. The van der Waals surface area contributed by atoms with Crippen LogP contribution in [-0.4, -0.2) is 49.0 Å². The Morgan fingerprint density at radius 3 is 2.43 bits per heavy atom. The van der Waals surface area contributed by atoms with Gasteiger partial charge in [0.05, 0.1) is 6.54 Å². The summed E-state index contributed by atoms with van der Waals surface area (Å²) in [5.74, 6) is -2.33. The summed E-state index contributed by atoms with van der Waals surface area (Å²) in [7, 11) is 3.18. The Morgan fingerprint density at radius 1 is 1.29 bits per heavy atom. The normalized spacial score (nSPS) is 11.4. The molecule has 0 aliphatic rings. The molecule has 0 saturated heterocycles. The van der Waals surface area contributed by atoms with Crippen LogP contribution >= 0.6 is 11.3 Å². The average molecular weight is 311 g/mol. The lowest BCUT2D eigenvalue weighted by molar-refractivity contribution is -0.138. The fourth-order valence-electron chi connectivity index (χ4n) is 1.47. The molecule has 0 aliphatic carbocycles. The maximum absolute atomic E-state index is 12.1. The maximum Gasteiger partial charge on any atom is 0.287 e. The molecule has 1 aromatic rings. The van der Waals surface area contributed by atoms with Crippen molar-refractivity contribution >= 4 is 34.8 Å². The average Bonchev–Trinajstić information content (AvgIpc) is 2.94. The summed E-state index contributed by atoms with van der Waals surface area (Å²) in [4.78, 5) is 47.8. The summed E-state index contributed by atoms with van der Waals surface area (Å²) in [6, 6.07) is 2.71. The van der Waals surface area contributed by atoms with Crippen molar-refractivity contribution in [1.82, 2.24) is 15.5 Å². The molecule has 1 atom stereocenters. The van der Waals surface area contributed by atoms with Crippen LogP contribution in [0.15, 0.2) is 17.5 Å². The molecular formula is C13H17N3O4S. The third-order valence-electron chi connectivity index (χ3n) is 2.55. The first-order valence-electron chi connectivity index (χ1n) is 6.15. The predicted octanol–water partition coefficient (Wildman–Crippen LogP) is -0.301. The highest BCUT2D eigenvalue weighted by Crippen LogP contribution is 2.20. The lowest BCUT2D eigenvalue weighted by Gasteiger charge is -2.20. The zero-order valence-corrected chi connectivity index (χ0v) is 12.8. The molecular weight excluding hydrogens is 294 g/mol. The Balaban J connectivity index is 2.69. The Bertz CT molecular complexity index is 540. The fourth-order valence-corrected chi connectivity index (χ4v) is 2.23. The van der Waals surface area contributed by atoms with Gasteiger partial charge in [-0.05, 0) is 11.4 Å². The smallest absolute Gasteiger partial charge is 0.287 e. The minimum absolute atomic E-state index is 0.274. The molecule has 0 saturated carbocycles. The van der Waals surface area contributed by atoms with E-state index in [0.29, 0.717) is 4.88 Å². The van der Waals surface area contributed by atoms with Crippen molar-refractivity contribution in [2.75, 3.05) is 20.6 Å². The van der Waals surface area contributed by atoms with Crippen LogP contribution in [0.3, 0.4) is 0 Å². The first kappa shape index (κ1) is 16.8. The SMILES string of the molecule is CC(=O)C(=O)NCC(=O)NC(C(=O)N(C)C)c1cccs1. The number of likely N-dealkylation sites (N-methyl/N-ethyl adjacent to an activating group) is 1. The first-order chi connectivity index (χ1) is 9.82. The van der Waals surface area contributed by atoms with E-state index >= 15 is 0 Å². The topological polar surface area (TPSA) is 95.6 Å². The maximum atomic E-state index is 12.1. The molecule has 1 heterocycles. The fraction of sp³-hybridized carbons (Fsp3) is 0.385. The molecule has 0 spiro atoms. The quantitative estimate of drug-likeness (QED) is 0.705. The number of nitrogens with one attached hydrogen (secondary N) is 2. The lowest BCUT2D eigenvalue weighted by Crippen LogP contribution is -2.44. The highest BCUT2D eigenvalue weighted by molar-refractivity contribution is 7.10. The number of rotatable bonds is 6. The van der Waals surface area contributed by atoms with Crippen molar-refractivity contribution in [2.45, 2.75) is 13.0 Å². The summed E-state index contributed by atoms with van der Waals surface area (Å²) in [6.45, 7) is 0.748. The third-order valence-corrected chi connectivity index (χ3v) is 3.49. The van der Waals surface area contributed by atoms with E-state index in [-0.39, 0.29) is 12.5 Å². The van der Waals surface area contributed by atoms with Gasteiger partial charge in [0.15, 0.2) is 0 Å². The standard InChI is InChI=1S/C13H17N3O4S/c1-8(17)12(19)14-7-10(18)15-11(13(20)16(2)3)9-5-4-6-21-9/h4-6,11H,7H2,1-3H3,(H,14,19)(H,15,18). The van der Waals surface area contributed by atoms with Gasteiger partial charge >= 0.3 is 0 Å². The summed E-state index contributed by atoms with van der Waals surface area (Å²) in [6.07, 6.45) is 0. The monoisotopic (exact) mass is 311 g/mol. The van der Waals surface area contributed by atoms with Gasteiger partial charge in [0.1, 0.15) is 6.04 Å². The number of amides is 3. The minimum Gasteiger partial charge on any atom is -0.347 e. The van der Waals surface area contributed by atoms with Crippen LogP contribution in [-0.2, 0) is 19.2 Å². The molecule has 0 aliphatic heterocycles. The Labute approximate surface area is 126 Å². The second-order valence-electron chi connectivity index (χ2n) is 4.49. The van der Waals surface area contributed by atoms with E-state index < -0.39 is 23.6 Å². The second-order valence-corrected chi connectivity index (χ2v) is 5.47. The number of thiophene rings is 1. The number of nitrogens with zero attached hydrogens (tertiary/aromatic N) is 1. The van der Waals surface area contributed by atoms with Crippen LogP contribution in [0.4, 0.5) is 0 Å². The Morgan fingerprint density at radius 2 is 1.95 bits per heavy atom. The van der Waals surface area contributed by atoms with Crippen molar-refractivity contribution in [2.24, 2.45) is 0 Å². The van der Waals surface area contributed by atoms with E-state index in [2.05, 4.69) is 10.6 Å². The van der Waals surface area contributed by atoms with E-state index in [1.807, 2.05) is 0 Å². The molecule has 2 N–H and O–H groups in total. The van der Waals surface area contributed by atoms with Gasteiger partial charge in [-0.2, -0.15) is 0 Å². The van der Waals surface area contributed by atoms with Crippen LogP contribution in [0.2, 0.25) is 0 Å². The first-order valence-corrected chi connectivity index (χ1v) is 7.03. The van der Waals surface area contributed by atoms with E-state index in [9.17, 15) is 19.2 Å². The van der Waals surface area contributed by atoms with E-state index in [0.717, 1.165) is 6.92 Å². The van der Waals surface area contributed by atoms with Gasteiger partial charge in [-0.3, -0.25) is 19.2 Å². The van der Waals surface area contributed by atoms with Gasteiger partial charge in [-0.15, -0.1) is 11.3 Å². The minimum atomic E-state index is -0.836. The number of Topliss-reactive ketones (excluding diaryl/α,β-unsaturated/α-hetero) is 1. The molecule has 0 aromatic carbocycles. The third kappa shape index (κ3) is 4.99. The molecule has 21 heavy (non-hydrogen) atoms. The van der Waals surface area contributed by atoms with Gasteiger partial charge in [-0.1, -0.05) is 6.07 Å². The second kappa shape index (κ2) is 7.53. The van der Waals surface area contributed by atoms with Crippen LogP contribution in [0.25, 0.3) is 0 Å². The van der Waals surface area contributed by atoms with Crippen LogP contribution < -0.4 is 10.6 Å². The summed E-state index contributed by atoms with van der Waals surface area (Å²) >= 11 is 1.34. The molecule has 0 radical (unpaired) electrons. The molecule has 1 aromatic heterocycles. The van der Waals surface area contributed by atoms with E-state index in [4.69, 9.17) is 0 Å². The molecule has 7 nitrogen and oxygen atoms in total. The molecule has 0 fully saturated rings. The number of ketones is 1. The van der Waals surface area contributed by atoms with Gasteiger partial charge in [0.2, 0.25) is 17.6 Å². The number of carbonyl (C=O) groups is 4. The Kier molecular flexibility index (Phi) is 6.04. The molecule has 0 bridgehead atoms. The number of carbonyl (C=O) groups excluding carboxylic acids is 4. The predicted molar refractivity (Wildman–Crippen MR) is 77.6 cm³/mol. The highest BCUT2D eigenvalue weighted by Gasteiger charge is 2.25. The van der Waals surface area contributed by atoms with Gasteiger partial charge < -0.3 is 15.5 Å². The summed E-state index contributed by atoms with van der Waals surface area (Å²) < 4.78 is 0. The Hall–Kier alpha value is -2.22. The van der Waals surface area contributed by atoms with E-state index in [1.165, 1.54) is 16.2 Å². The number of hydrogen-bond donors (Lipinski definition) is 2. The largest absolute Gasteiger partial charge is 0.347 e. The molecule has 1 unspecified atom stereocenters. The zero-order valence-electron chi connectivity index (χ0n) is 12.0. The number of hydrogen-bond acceptors (Lipinski definition) is 5. The van der Waals surface area contributed by atoms with Gasteiger partial charge in [0.25, 0.3) is 5.91 Å². The van der Waals surface area contributed by atoms with Crippen molar-refractivity contribution in [3.8, 4) is 0 Å². The molecule has 8 heteroatoms. The van der Waals surface area contributed by atoms with Gasteiger partial charge in [-0.25, -0.2) is 0 Å². The van der Waals surface area contributed by atoms with Crippen molar-refractivity contribution in [1.29, 1.82) is 0 Å². The van der Waals surface area contributed by atoms with Gasteiger partial charge in [0, 0.05) is 25.9 Å². The van der Waals surface area contributed by atoms with E-state index in [1.54, 1.807) is 31.6 Å². The van der Waals surface area contributed by atoms with Crippen molar-refractivity contribution in [3.63, 3.8) is 0 Å². The molecule has 1 rings (SSSR count). The van der Waals surface area contributed by atoms with Crippen LogP contribution in [0.1, 0.15) is 17.8 Å². The molecule has 114 valence electrons. The van der Waals surface area contributed by atoms with Crippen LogP contribution in [0.5, 0.6) is 0 Å². The molecule has 3 amide bonds. The zero-order chi connectivity index (χ0) is 16.0.